The van der Waals surface area contributed by atoms with Gasteiger partial charge in [0.2, 0.25) is 0 Å². The first-order chi connectivity index (χ1) is 5.25. The van der Waals surface area contributed by atoms with Gasteiger partial charge in [0.15, 0.2) is 0 Å². The smallest absolute Gasteiger partial charge is 0.286 e. The first-order valence-electron chi connectivity index (χ1n) is 2.21. The Balaban J connectivity index is 0. The first kappa shape index (κ1) is 15.1. The fourth-order valence-corrected chi connectivity index (χ4v) is 0. The van der Waals surface area contributed by atoms with Crippen LogP contribution in [-0.2, 0) is 20.2 Å². The summed E-state index contributed by atoms with van der Waals surface area (Å²) in [6.45, 7) is 0. The first-order valence-corrected chi connectivity index (χ1v) is 5.50. The van der Waals surface area contributed by atoms with Gasteiger partial charge < -0.3 is 0 Å². The lowest BCUT2D eigenvalue weighted by Gasteiger charge is -1.97. The molecule has 11 heteroatoms. The van der Waals surface area contributed by atoms with Crippen molar-refractivity contribution in [3.05, 3.63) is 0 Å². The summed E-state index contributed by atoms with van der Waals surface area (Å²) in [6.07, 6.45) is 0.715. The second-order valence-electron chi connectivity index (χ2n) is 1.65. The van der Waals surface area contributed by atoms with Crippen molar-refractivity contribution in [1.82, 2.24) is 0 Å². The number of rotatable bonds is 0. The lowest BCUT2D eigenvalue weighted by molar-refractivity contribution is -0.0510. The Kier molecular flexibility index (Phi) is 4.89. The third-order valence-electron chi connectivity index (χ3n) is 0.292. The second-order valence-corrected chi connectivity index (χ2v) is 4.53. The minimum absolute atomic E-state index is 0.715. The molecule has 0 radical (unpaired) electrons. The molecule has 0 aromatic heterocycles. The zero-order chi connectivity index (χ0) is 11.5. The van der Waals surface area contributed by atoms with Crippen LogP contribution in [0.15, 0.2) is 0 Å². The van der Waals surface area contributed by atoms with Crippen LogP contribution in [0.1, 0.15) is 0 Å². The molecule has 0 heterocycles. The van der Waals surface area contributed by atoms with Gasteiger partial charge in [-0.1, -0.05) is 0 Å². The highest BCUT2D eigenvalue weighted by Crippen LogP contribution is 2.20. The summed E-state index contributed by atoms with van der Waals surface area (Å²) in [5.41, 5.74) is -5.53. The number of halogens is 3. The van der Waals surface area contributed by atoms with Crippen molar-refractivity contribution < 1.29 is 39.1 Å². The summed E-state index contributed by atoms with van der Waals surface area (Å²) in [4.78, 5) is 0. The van der Waals surface area contributed by atoms with E-state index in [1.54, 1.807) is 0 Å². The maximum atomic E-state index is 10.7. The molecule has 0 rings (SSSR count). The van der Waals surface area contributed by atoms with Crippen LogP contribution in [0.3, 0.4) is 0 Å². The van der Waals surface area contributed by atoms with E-state index in [0.29, 0.717) is 6.26 Å². The summed E-state index contributed by atoms with van der Waals surface area (Å²) in [6, 6.07) is 0. The van der Waals surface area contributed by atoms with Crippen molar-refractivity contribution in [2.24, 2.45) is 0 Å². The van der Waals surface area contributed by atoms with Crippen LogP contribution >= 0.6 is 0 Å². The SMILES string of the molecule is CS(=O)(=O)O.O=S(=O)(O)C(F)(F)F. The maximum Gasteiger partial charge on any atom is 0.522 e. The molecule has 13 heavy (non-hydrogen) atoms. The Morgan fingerprint density at radius 2 is 1.08 bits per heavy atom. The van der Waals surface area contributed by atoms with Crippen LogP contribution in [0.4, 0.5) is 13.2 Å². The minimum atomic E-state index is -5.84. The molecule has 0 aliphatic rings. The fourth-order valence-electron chi connectivity index (χ4n) is 0. The van der Waals surface area contributed by atoms with Gasteiger partial charge in [-0.3, -0.25) is 9.11 Å². The molecule has 82 valence electrons. The summed E-state index contributed by atoms with van der Waals surface area (Å²) in [7, 11) is -9.51. The summed E-state index contributed by atoms with van der Waals surface area (Å²) >= 11 is 0. The molecule has 0 unspecified atom stereocenters. The Hall–Kier alpha value is -0.390. The van der Waals surface area contributed by atoms with E-state index < -0.39 is 25.7 Å². The molecule has 0 spiro atoms. The molecule has 2 N–H and O–H groups in total. The normalized spacial score (nSPS) is 13.1. The third-order valence-corrected chi connectivity index (χ3v) is 0.877. The number of hydrogen-bond acceptors (Lipinski definition) is 4. The van der Waals surface area contributed by atoms with Crippen molar-refractivity contribution in [3.8, 4) is 0 Å². The molecule has 0 bridgehead atoms. The van der Waals surface area contributed by atoms with E-state index in [4.69, 9.17) is 17.5 Å². The summed E-state index contributed by atoms with van der Waals surface area (Å²) < 4.78 is 83.4. The Bertz CT molecular complexity index is 327. The topological polar surface area (TPSA) is 109 Å². The lowest BCUT2D eigenvalue weighted by Crippen LogP contribution is -2.21. The monoisotopic (exact) mass is 246 g/mol. The minimum Gasteiger partial charge on any atom is -0.286 e. The van der Waals surface area contributed by atoms with E-state index in [0.717, 1.165) is 0 Å². The van der Waals surface area contributed by atoms with E-state index in [1.807, 2.05) is 0 Å². The highest BCUT2D eigenvalue weighted by molar-refractivity contribution is 7.86. The standard InChI is InChI=1S/CHF3O3S.CH4O3S/c2-1(3,4)8(5,6)7;1-5(2,3)4/h(H,5,6,7);1H3,(H,2,3,4). The van der Waals surface area contributed by atoms with Crippen LogP contribution in [0.5, 0.6) is 0 Å². The Labute approximate surface area is 71.9 Å². The van der Waals surface area contributed by atoms with E-state index in [2.05, 4.69) is 0 Å². The highest BCUT2D eigenvalue weighted by Gasteiger charge is 2.44. The Morgan fingerprint density at radius 1 is 1.00 bits per heavy atom. The lowest BCUT2D eigenvalue weighted by atomic mass is 11.6. The van der Waals surface area contributed by atoms with E-state index in [1.165, 1.54) is 0 Å². The van der Waals surface area contributed by atoms with Crippen molar-refractivity contribution in [1.29, 1.82) is 0 Å². The van der Waals surface area contributed by atoms with Gasteiger partial charge in [0.1, 0.15) is 0 Å². The molecule has 0 aromatic carbocycles. The van der Waals surface area contributed by atoms with Crippen LogP contribution < -0.4 is 0 Å². The molecular weight excluding hydrogens is 241 g/mol. The van der Waals surface area contributed by atoms with E-state index >= 15 is 0 Å². The van der Waals surface area contributed by atoms with Crippen molar-refractivity contribution in [2.75, 3.05) is 6.26 Å². The Morgan fingerprint density at radius 3 is 1.08 bits per heavy atom. The molecule has 0 amide bonds. The largest absolute Gasteiger partial charge is 0.522 e. The van der Waals surface area contributed by atoms with Gasteiger partial charge in [-0.15, -0.1) is 0 Å². The van der Waals surface area contributed by atoms with Gasteiger partial charge in [0, 0.05) is 0 Å². The fraction of sp³-hybridized carbons (Fsp3) is 1.00. The molecule has 0 aliphatic carbocycles. The predicted octanol–water partition coefficient (Wildman–Crippen LogP) is -0.102. The molecule has 0 aromatic rings. The van der Waals surface area contributed by atoms with Crippen molar-refractivity contribution in [3.63, 3.8) is 0 Å². The van der Waals surface area contributed by atoms with Crippen molar-refractivity contribution in [2.45, 2.75) is 5.51 Å². The average molecular weight is 246 g/mol. The van der Waals surface area contributed by atoms with E-state index in [-0.39, 0.29) is 0 Å². The van der Waals surface area contributed by atoms with Gasteiger partial charge in [0.25, 0.3) is 10.1 Å². The third kappa shape index (κ3) is 14.5. The molecule has 0 aliphatic heterocycles. The average Bonchev–Trinajstić information content (AvgIpc) is 1.50. The van der Waals surface area contributed by atoms with Gasteiger partial charge in [-0.05, 0) is 0 Å². The maximum absolute atomic E-state index is 10.7. The van der Waals surface area contributed by atoms with E-state index in [9.17, 15) is 21.6 Å². The summed E-state index contributed by atoms with van der Waals surface area (Å²) in [5, 5.41) is 0. The number of alkyl halides is 3. The van der Waals surface area contributed by atoms with Crippen LogP contribution in [0.2, 0.25) is 0 Å². The van der Waals surface area contributed by atoms with Crippen LogP contribution in [0, 0.1) is 0 Å². The van der Waals surface area contributed by atoms with Crippen molar-refractivity contribution >= 4 is 20.2 Å². The summed E-state index contributed by atoms with van der Waals surface area (Å²) in [5.74, 6) is 0. The van der Waals surface area contributed by atoms with Gasteiger partial charge in [-0.2, -0.15) is 30.0 Å². The molecular formula is C2H5F3O6S2. The molecule has 0 atom stereocenters. The van der Waals surface area contributed by atoms with Crippen LogP contribution in [0.25, 0.3) is 0 Å². The molecule has 0 saturated heterocycles. The highest BCUT2D eigenvalue weighted by atomic mass is 32.2. The number of hydrogen-bond donors (Lipinski definition) is 2. The van der Waals surface area contributed by atoms with Gasteiger partial charge in [0.05, 0.1) is 6.26 Å². The van der Waals surface area contributed by atoms with Gasteiger partial charge in [-0.25, -0.2) is 0 Å². The zero-order valence-corrected chi connectivity index (χ0v) is 7.61. The molecule has 6 nitrogen and oxygen atoms in total. The van der Waals surface area contributed by atoms with Gasteiger partial charge >= 0.3 is 15.6 Å². The quantitative estimate of drug-likeness (QED) is 0.456. The molecule has 0 saturated carbocycles. The second kappa shape index (κ2) is 4.21. The predicted molar refractivity (Wildman–Crippen MR) is 35.1 cm³/mol. The van der Waals surface area contributed by atoms with Crippen LogP contribution in [-0.4, -0.2) is 37.7 Å². The zero-order valence-electron chi connectivity index (χ0n) is 5.98. The molecule has 0 fully saturated rings.